The van der Waals surface area contributed by atoms with E-state index in [0.717, 1.165) is 24.8 Å². The summed E-state index contributed by atoms with van der Waals surface area (Å²) in [6.07, 6.45) is 8.22. The molecule has 0 bridgehead atoms. The minimum Gasteiger partial charge on any atom is -0.293 e. The van der Waals surface area contributed by atoms with Gasteiger partial charge in [0.1, 0.15) is 6.33 Å². The van der Waals surface area contributed by atoms with Crippen LogP contribution in [0.2, 0.25) is 0 Å². The minimum absolute atomic E-state index is 0.0245. The van der Waals surface area contributed by atoms with Crippen LogP contribution in [0.1, 0.15) is 29.5 Å². The van der Waals surface area contributed by atoms with Crippen LogP contribution in [0.25, 0.3) is 0 Å². The van der Waals surface area contributed by atoms with Crippen LogP contribution in [0.15, 0.2) is 55.1 Å². The van der Waals surface area contributed by atoms with Crippen molar-refractivity contribution >= 4 is 11.9 Å². The summed E-state index contributed by atoms with van der Waals surface area (Å²) in [4.78, 5) is 21.0. The second-order valence-electron chi connectivity index (χ2n) is 7.19. The maximum Gasteiger partial charge on any atom is 0.248 e. The van der Waals surface area contributed by atoms with E-state index in [1.54, 1.807) is 23.4 Å². The Morgan fingerprint density at radius 2 is 2.19 bits per heavy atom. The lowest BCUT2D eigenvalue weighted by molar-refractivity contribution is -0.117. The van der Waals surface area contributed by atoms with Gasteiger partial charge in [-0.05, 0) is 42.0 Å². The quantitative estimate of drug-likeness (QED) is 0.789. The molecular formula is C20H19N5O. The predicted octanol–water partition coefficient (Wildman–Crippen LogP) is 2.56. The van der Waals surface area contributed by atoms with E-state index in [9.17, 15) is 4.79 Å². The molecule has 0 aliphatic heterocycles. The van der Waals surface area contributed by atoms with Crippen LogP contribution in [0.4, 0.5) is 5.95 Å². The Morgan fingerprint density at radius 1 is 1.27 bits per heavy atom. The topological polar surface area (TPSA) is 72.7 Å². The van der Waals surface area contributed by atoms with Crippen molar-refractivity contribution in [3.8, 4) is 0 Å². The van der Waals surface area contributed by atoms with Crippen LogP contribution in [-0.2, 0) is 23.2 Å². The van der Waals surface area contributed by atoms with E-state index in [0.29, 0.717) is 12.5 Å². The Labute approximate surface area is 151 Å². The number of benzene rings is 1. The van der Waals surface area contributed by atoms with Gasteiger partial charge < -0.3 is 0 Å². The molecule has 2 atom stereocenters. The Hall–Kier alpha value is -3.02. The molecule has 1 saturated carbocycles. The van der Waals surface area contributed by atoms with E-state index in [2.05, 4.69) is 44.6 Å². The highest BCUT2D eigenvalue weighted by Gasteiger charge is 2.61. The largest absolute Gasteiger partial charge is 0.293 e. The predicted molar refractivity (Wildman–Crippen MR) is 96.5 cm³/mol. The molecule has 2 heterocycles. The van der Waals surface area contributed by atoms with Crippen molar-refractivity contribution in [2.45, 2.75) is 31.2 Å². The summed E-state index contributed by atoms with van der Waals surface area (Å²) in [5.74, 6) is 0.421. The molecule has 26 heavy (non-hydrogen) atoms. The first-order valence-electron chi connectivity index (χ1n) is 8.92. The molecule has 1 aromatic carbocycles. The standard InChI is InChI=1S/C20H19N5O/c26-18(17-10-20(17)8-7-15-5-1-2-6-16(15)20)23-19-22-13-25(24-19)12-14-4-3-9-21-11-14/h1-6,9,11,13,17H,7-8,10,12H2,(H,23,24,26)/t17-,20+/m0/s1. The molecule has 5 rings (SSSR count). The smallest absolute Gasteiger partial charge is 0.248 e. The van der Waals surface area contributed by atoms with Crippen molar-refractivity contribution in [1.29, 1.82) is 0 Å². The number of hydrogen-bond acceptors (Lipinski definition) is 4. The number of nitrogens with zero attached hydrogens (tertiary/aromatic N) is 4. The summed E-state index contributed by atoms with van der Waals surface area (Å²) < 4.78 is 1.71. The highest BCUT2D eigenvalue weighted by molar-refractivity contribution is 5.95. The molecule has 6 heteroatoms. The lowest BCUT2D eigenvalue weighted by atomic mass is 9.95. The van der Waals surface area contributed by atoms with Crippen molar-refractivity contribution < 1.29 is 4.79 Å². The van der Waals surface area contributed by atoms with Crippen LogP contribution in [0.3, 0.4) is 0 Å². The molecule has 1 amide bonds. The lowest BCUT2D eigenvalue weighted by Gasteiger charge is -2.10. The Balaban J connectivity index is 1.26. The van der Waals surface area contributed by atoms with Gasteiger partial charge in [-0.1, -0.05) is 30.3 Å². The number of carbonyl (C=O) groups is 1. The molecule has 0 saturated heterocycles. The number of carbonyl (C=O) groups excluding carboxylic acids is 1. The summed E-state index contributed by atoms with van der Waals surface area (Å²) in [7, 11) is 0. The van der Waals surface area contributed by atoms with Gasteiger partial charge in [0.05, 0.1) is 6.54 Å². The van der Waals surface area contributed by atoms with Gasteiger partial charge in [-0.15, -0.1) is 5.10 Å². The van der Waals surface area contributed by atoms with Crippen molar-refractivity contribution in [3.05, 3.63) is 71.8 Å². The van der Waals surface area contributed by atoms with Gasteiger partial charge in [-0.3, -0.25) is 15.1 Å². The number of rotatable bonds is 4. The summed E-state index contributed by atoms with van der Waals surface area (Å²) in [5, 5.41) is 7.26. The number of aryl methyl sites for hydroxylation is 1. The van der Waals surface area contributed by atoms with E-state index < -0.39 is 0 Å². The molecule has 6 nitrogen and oxygen atoms in total. The van der Waals surface area contributed by atoms with E-state index >= 15 is 0 Å². The molecule has 1 spiro atoms. The average Bonchev–Trinajstić information content (AvgIpc) is 3.06. The fourth-order valence-electron chi connectivity index (χ4n) is 4.24. The molecule has 2 aliphatic carbocycles. The molecule has 3 aromatic rings. The van der Waals surface area contributed by atoms with Crippen LogP contribution in [0.5, 0.6) is 0 Å². The number of anilines is 1. The van der Waals surface area contributed by atoms with Gasteiger partial charge >= 0.3 is 0 Å². The van der Waals surface area contributed by atoms with Gasteiger partial charge in [0.2, 0.25) is 11.9 Å². The summed E-state index contributed by atoms with van der Waals surface area (Å²) in [5.41, 5.74) is 3.83. The van der Waals surface area contributed by atoms with Gasteiger partial charge in [0.15, 0.2) is 0 Å². The van der Waals surface area contributed by atoms with Crippen molar-refractivity contribution in [2.75, 3.05) is 5.32 Å². The van der Waals surface area contributed by atoms with Gasteiger partial charge in [-0.25, -0.2) is 9.67 Å². The molecule has 2 aliphatic rings. The third-order valence-corrected chi connectivity index (χ3v) is 5.62. The van der Waals surface area contributed by atoms with E-state index in [1.807, 2.05) is 12.1 Å². The fraction of sp³-hybridized carbons (Fsp3) is 0.300. The number of aromatic nitrogens is 4. The van der Waals surface area contributed by atoms with Gasteiger partial charge in [-0.2, -0.15) is 0 Å². The molecule has 2 aromatic heterocycles. The molecule has 1 fully saturated rings. The first-order valence-corrected chi connectivity index (χ1v) is 8.92. The zero-order valence-corrected chi connectivity index (χ0v) is 14.3. The van der Waals surface area contributed by atoms with Gasteiger partial charge in [0.25, 0.3) is 0 Å². The highest BCUT2D eigenvalue weighted by Crippen LogP contribution is 2.61. The van der Waals surface area contributed by atoms with Crippen LogP contribution in [0, 0.1) is 5.92 Å². The third-order valence-electron chi connectivity index (χ3n) is 5.62. The molecular weight excluding hydrogens is 326 g/mol. The highest BCUT2D eigenvalue weighted by atomic mass is 16.2. The third kappa shape index (κ3) is 2.49. The number of pyridine rings is 1. The number of nitrogens with one attached hydrogen (secondary N) is 1. The number of fused-ring (bicyclic) bond motifs is 2. The Bertz CT molecular complexity index is 967. The van der Waals surface area contributed by atoms with Crippen molar-refractivity contribution in [3.63, 3.8) is 0 Å². The van der Waals surface area contributed by atoms with E-state index in [4.69, 9.17) is 0 Å². The number of hydrogen-bond donors (Lipinski definition) is 1. The lowest BCUT2D eigenvalue weighted by Crippen LogP contribution is -2.20. The molecule has 0 unspecified atom stereocenters. The normalized spacial score (nSPS) is 23.0. The maximum absolute atomic E-state index is 12.7. The second kappa shape index (κ2) is 5.76. The maximum atomic E-state index is 12.7. The fourth-order valence-corrected chi connectivity index (χ4v) is 4.24. The van der Waals surface area contributed by atoms with Crippen molar-refractivity contribution in [2.24, 2.45) is 5.92 Å². The van der Waals surface area contributed by atoms with Crippen LogP contribution < -0.4 is 5.32 Å². The second-order valence-corrected chi connectivity index (χ2v) is 7.19. The molecule has 0 radical (unpaired) electrons. The monoisotopic (exact) mass is 345 g/mol. The first-order chi connectivity index (χ1) is 12.7. The molecule has 1 N–H and O–H groups in total. The summed E-state index contributed by atoms with van der Waals surface area (Å²) >= 11 is 0. The van der Waals surface area contributed by atoms with E-state index in [-0.39, 0.29) is 17.2 Å². The minimum atomic E-state index is 0.0245. The Morgan fingerprint density at radius 3 is 3.08 bits per heavy atom. The van der Waals surface area contributed by atoms with E-state index in [1.165, 1.54) is 11.1 Å². The zero-order valence-electron chi connectivity index (χ0n) is 14.3. The number of amides is 1. The van der Waals surface area contributed by atoms with Crippen molar-refractivity contribution in [1.82, 2.24) is 19.7 Å². The summed E-state index contributed by atoms with van der Waals surface area (Å²) in [6.45, 7) is 0.581. The van der Waals surface area contributed by atoms with Gasteiger partial charge in [0, 0.05) is 23.7 Å². The average molecular weight is 345 g/mol. The molecule has 130 valence electrons. The SMILES string of the molecule is O=C(Nc1ncn(Cc2cccnc2)n1)[C@@H]1C[C@@]12CCc1ccccc12. The van der Waals surface area contributed by atoms with Crippen LogP contribution >= 0.6 is 0 Å². The first kappa shape index (κ1) is 15.3. The van der Waals surface area contributed by atoms with Crippen LogP contribution in [-0.4, -0.2) is 25.7 Å². The Kier molecular flexibility index (Phi) is 3.38. The zero-order chi connectivity index (χ0) is 17.6. The summed E-state index contributed by atoms with van der Waals surface area (Å²) in [6, 6.07) is 12.4.